The Balaban J connectivity index is 1.98. The molecule has 0 fully saturated rings. The van der Waals surface area contributed by atoms with Crippen molar-refractivity contribution >= 4 is 38.9 Å². The number of methoxy groups -OCH3 is 1. The first-order chi connectivity index (χ1) is 13.6. The Morgan fingerprint density at radius 1 is 1.21 bits per heavy atom. The van der Waals surface area contributed by atoms with Gasteiger partial charge in [0.05, 0.1) is 30.2 Å². The third kappa shape index (κ3) is 4.98. The van der Waals surface area contributed by atoms with Gasteiger partial charge in [-0.2, -0.15) is 0 Å². The van der Waals surface area contributed by atoms with Crippen LogP contribution in [0.3, 0.4) is 0 Å². The van der Waals surface area contributed by atoms with E-state index in [9.17, 15) is 4.79 Å². The van der Waals surface area contributed by atoms with Crippen molar-refractivity contribution in [2.45, 2.75) is 13.5 Å². The molecule has 3 aromatic rings. The molecule has 2 aromatic carbocycles. The van der Waals surface area contributed by atoms with Gasteiger partial charge in [0.1, 0.15) is 0 Å². The minimum Gasteiger partial charge on any atom is -0.462 e. The quantitative estimate of drug-likeness (QED) is 0.464. The molecule has 146 valence electrons. The summed E-state index contributed by atoms with van der Waals surface area (Å²) in [7, 11) is 1.69. The number of esters is 1. The maximum absolute atomic E-state index is 11.8. The normalized spacial score (nSPS) is 11.6. The van der Waals surface area contributed by atoms with Crippen molar-refractivity contribution in [3.05, 3.63) is 68.7 Å². The summed E-state index contributed by atoms with van der Waals surface area (Å²) in [6.07, 6.45) is 0. The highest BCUT2D eigenvalue weighted by atomic mass is 79.9. The average Bonchev–Trinajstić information content (AvgIpc) is 3.09. The first-order valence-corrected chi connectivity index (χ1v) is 10.5. The van der Waals surface area contributed by atoms with Crippen LogP contribution >= 0.6 is 27.3 Å². The molecule has 3 rings (SSSR count). The smallest absolute Gasteiger partial charge is 0.338 e. The molecule has 0 spiro atoms. The molecular weight excluding hydrogens is 440 g/mol. The second-order valence-electron chi connectivity index (χ2n) is 5.94. The number of carbonyl (C=O) groups excluding carboxylic acids is 1. The minimum atomic E-state index is -0.322. The monoisotopic (exact) mass is 460 g/mol. The second kappa shape index (κ2) is 9.82. The van der Waals surface area contributed by atoms with Gasteiger partial charge >= 0.3 is 5.97 Å². The number of halogens is 1. The van der Waals surface area contributed by atoms with E-state index in [4.69, 9.17) is 14.5 Å². The predicted octanol–water partition coefficient (Wildman–Crippen LogP) is 5.03. The fourth-order valence-electron chi connectivity index (χ4n) is 2.69. The van der Waals surface area contributed by atoms with E-state index in [-0.39, 0.29) is 5.97 Å². The molecular formula is C21H21BrN2O3S. The fourth-order valence-corrected chi connectivity index (χ4v) is 4.05. The zero-order valence-electron chi connectivity index (χ0n) is 15.7. The highest BCUT2D eigenvalue weighted by Crippen LogP contribution is 2.24. The topological polar surface area (TPSA) is 52.8 Å². The standard InChI is InChI=1S/C21H21BrN2O3S/c1-3-27-20(25)15-7-9-18(10-8-15)23-21-24(11-12-26-2)19(14-28-21)16-5-4-6-17(22)13-16/h4-10,13-14H,3,11-12H2,1-2H3. The predicted molar refractivity (Wildman–Crippen MR) is 115 cm³/mol. The number of ether oxygens (including phenoxy) is 2. The first kappa shape index (κ1) is 20.5. The molecule has 0 atom stereocenters. The molecule has 0 radical (unpaired) electrons. The van der Waals surface area contributed by atoms with Gasteiger partial charge in [0.25, 0.3) is 0 Å². The maximum Gasteiger partial charge on any atom is 0.338 e. The molecule has 5 nitrogen and oxygen atoms in total. The van der Waals surface area contributed by atoms with Gasteiger partial charge in [0.2, 0.25) is 0 Å². The molecule has 7 heteroatoms. The SMILES string of the molecule is CCOC(=O)c1ccc(N=c2scc(-c3cccc(Br)c3)n2CCOC)cc1. The Labute approximate surface area is 176 Å². The highest BCUT2D eigenvalue weighted by molar-refractivity contribution is 9.10. The van der Waals surface area contributed by atoms with Gasteiger partial charge in [-0.3, -0.25) is 0 Å². The molecule has 0 N–H and O–H groups in total. The summed E-state index contributed by atoms with van der Waals surface area (Å²) in [6.45, 7) is 3.44. The molecule has 0 unspecified atom stereocenters. The summed E-state index contributed by atoms with van der Waals surface area (Å²) in [4.78, 5) is 17.4. The summed E-state index contributed by atoms with van der Waals surface area (Å²) in [5.74, 6) is -0.322. The van der Waals surface area contributed by atoms with Gasteiger partial charge < -0.3 is 14.0 Å². The Bertz CT molecular complexity index is 1010. The van der Waals surface area contributed by atoms with Crippen LogP contribution in [-0.4, -0.2) is 30.9 Å². The van der Waals surface area contributed by atoms with Crippen LogP contribution in [-0.2, 0) is 16.0 Å². The van der Waals surface area contributed by atoms with E-state index in [1.165, 1.54) is 0 Å². The van der Waals surface area contributed by atoms with Crippen molar-refractivity contribution in [1.82, 2.24) is 4.57 Å². The minimum absolute atomic E-state index is 0.322. The summed E-state index contributed by atoms with van der Waals surface area (Å²) in [5.41, 5.74) is 3.50. The lowest BCUT2D eigenvalue weighted by Crippen LogP contribution is -2.18. The molecule has 28 heavy (non-hydrogen) atoms. The van der Waals surface area contributed by atoms with Crippen LogP contribution in [0.4, 0.5) is 5.69 Å². The van der Waals surface area contributed by atoms with E-state index >= 15 is 0 Å². The van der Waals surface area contributed by atoms with Gasteiger partial charge in [-0.1, -0.05) is 28.1 Å². The zero-order valence-corrected chi connectivity index (χ0v) is 18.1. The maximum atomic E-state index is 11.8. The Morgan fingerprint density at radius 3 is 2.68 bits per heavy atom. The summed E-state index contributed by atoms with van der Waals surface area (Å²) >= 11 is 5.11. The zero-order chi connectivity index (χ0) is 19.9. The highest BCUT2D eigenvalue weighted by Gasteiger charge is 2.09. The molecule has 0 saturated carbocycles. The van der Waals surface area contributed by atoms with E-state index in [1.807, 2.05) is 24.3 Å². The first-order valence-electron chi connectivity index (χ1n) is 8.87. The van der Waals surface area contributed by atoms with E-state index in [0.717, 1.165) is 26.2 Å². The molecule has 0 amide bonds. The lowest BCUT2D eigenvalue weighted by molar-refractivity contribution is 0.0526. The Hall–Kier alpha value is -2.22. The number of nitrogens with zero attached hydrogens (tertiary/aromatic N) is 2. The average molecular weight is 461 g/mol. The summed E-state index contributed by atoms with van der Waals surface area (Å²) in [6, 6.07) is 15.3. The Morgan fingerprint density at radius 2 is 2.00 bits per heavy atom. The van der Waals surface area contributed by atoms with E-state index in [2.05, 4.69) is 38.0 Å². The van der Waals surface area contributed by atoms with Crippen molar-refractivity contribution in [1.29, 1.82) is 0 Å². The fraction of sp³-hybridized carbons (Fsp3) is 0.238. The van der Waals surface area contributed by atoms with Crippen LogP contribution in [0, 0.1) is 0 Å². The molecule has 0 bridgehead atoms. The Kier molecular flexibility index (Phi) is 7.19. The lowest BCUT2D eigenvalue weighted by atomic mass is 10.2. The van der Waals surface area contributed by atoms with Crippen LogP contribution in [0.5, 0.6) is 0 Å². The van der Waals surface area contributed by atoms with E-state index < -0.39 is 0 Å². The van der Waals surface area contributed by atoms with Gasteiger partial charge in [-0.25, -0.2) is 9.79 Å². The van der Waals surface area contributed by atoms with E-state index in [0.29, 0.717) is 25.3 Å². The number of carbonyl (C=O) groups is 1. The number of hydrogen-bond donors (Lipinski definition) is 0. The molecule has 1 aromatic heterocycles. The van der Waals surface area contributed by atoms with Crippen molar-refractivity contribution in [2.75, 3.05) is 20.3 Å². The second-order valence-corrected chi connectivity index (χ2v) is 7.69. The number of rotatable bonds is 7. The number of benzene rings is 2. The van der Waals surface area contributed by atoms with E-state index in [1.54, 1.807) is 37.5 Å². The van der Waals surface area contributed by atoms with Crippen molar-refractivity contribution in [3.63, 3.8) is 0 Å². The van der Waals surface area contributed by atoms with Crippen LogP contribution in [0.25, 0.3) is 11.3 Å². The van der Waals surface area contributed by atoms with Crippen LogP contribution in [0.1, 0.15) is 17.3 Å². The van der Waals surface area contributed by atoms with Crippen LogP contribution in [0.15, 0.2) is 63.4 Å². The van der Waals surface area contributed by atoms with Crippen molar-refractivity contribution in [3.8, 4) is 11.3 Å². The van der Waals surface area contributed by atoms with Crippen molar-refractivity contribution in [2.24, 2.45) is 4.99 Å². The third-order valence-electron chi connectivity index (χ3n) is 4.04. The molecule has 0 saturated heterocycles. The van der Waals surface area contributed by atoms with Crippen molar-refractivity contribution < 1.29 is 14.3 Å². The number of aromatic nitrogens is 1. The van der Waals surface area contributed by atoms with Crippen LogP contribution < -0.4 is 4.80 Å². The van der Waals surface area contributed by atoms with Gasteiger partial charge in [-0.05, 0) is 43.3 Å². The van der Waals surface area contributed by atoms with Gasteiger partial charge in [-0.15, -0.1) is 11.3 Å². The van der Waals surface area contributed by atoms with Gasteiger partial charge in [0.15, 0.2) is 4.80 Å². The summed E-state index contributed by atoms with van der Waals surface area (Å²) in [5, 5.41) is 2.10. The van der Waals surface area contributed by atoms with Crippen LogP contribution in [0.2, 0.25) is 0 Å². The molecule has 1 heterocycles. The third-order valence-corrected chi connectivity index (χ3v) is 5.40. The molecule has 0 aliphatic carbocycles. The molecule has 0 aliphatic heterocycles. The van der Waals surface area contributed by atoms with Gasteiger partial charge in [0, 0.05) is 29.1 Å². The molecule has 0 aliphatic rings. The lowest BCUT2D eigenvalue weighted by Gasteiger charge is -2.09. The summed E-state index contributed by atoms with van der Waals surface area (Å²) < 4.78 is 13.5. The number of thiazole rings is 1. The largest absolute Gasteiger partial charge is 0.462 e. The number of hydrogen-bond acceptors (Lipinski definition) is 5.